The Morgan fingerprint density at radius 2 is 1.85 bits per heavy atom. The summed E-state index contributed by atoms with van der Waals surface area (Å²) in [4.78, 5) is 14.8. The van der Waals surface area contributed by atoms with Crippen LogP contribution in [0.2, 0.25) is 0 Å². The molecule has 0 bridgehead atoms. The van der Waals surface area contributed by atoms with Crippen LogP contribution in [-0.2, 0) is 10.8 Å². The molecule has 0 saturated heterocycles. The number of hydrogen-bond donors (Lipinski definition) is 1. The Hall–Kier alpha value is -2.37. The third kappa shape index (κ3) is 4.67. The van der Waals surface area contributed by atoms with E-state index in [9.17, 15) is 4.79 Å². The lowest BCUT2D eigenvalue weighted by Gasteiger charge is -2.42. The van der Waals surface area contributed by atoms with Crippen molar-refractivity contribution in [1.29, 1.82) is 0 Å². The van der Waals surface area contributed by atoms with E-state index in [1.165, 1.54) is 22.5 Å². The average molecular weight is 480 g/mol. The van der Waals surface area contributed by atoms with Gasteiger partial charge in [-0.3, -0.25) is 4.79 Å². The van der Waals surface area contributed by atoms with Crippen molar-refractivity contribution >= 4 is 28.6 Å². The van der Waals surface area contributed by atoms with Crippen molar-refractivity contribution in [2.75, 3.05) is 7.11 Å². The van der Waals surface area contributed by atoms with Crippen LogP contribution in [0.15, 0.2) is 53.7 Å². The van der Waals surface area contributed by atoms with Gasteiger partial charge in [0.15, 0.2) is 0 Å². The lowest BCUT2D eigenvalue weighted by Crippen LogP contribution is -2.33. The van der Waals surface area contributed by atoms with Gasteiger partial charge in [-0.05, 0) is 87.9 Å². The SMILES string of the molecule is C=CCC(NC(=O)c1ccc(-c2cc3c(cc2OC)C(C)(C)CCC3(C)C)s1)c1ccsc1. The van der Waals surface area contributed by atoms with Gasteiger partial charge < -0.3 is 10.1 Å². The molecule has 1 amide bonds. The summed E-state index contributed by atoms with van der Waals surface area (Å²) >= 11 is 3.15. The number of amides is 1. The second-order valence-electron chi connectivity index (χ2n) is 10.1. The molecule has 174 valence electrons. The number of carbonyl (C=O) groups is 1. The summed E-state index contributed by atoms with van der Waals surface area (Å²) in [5.74, 6) is 0.818. The van der Waals surface area contributed by atoms with Gasteiger partial charge in [0, 0.05) is 10.4 Å². The van der Waals surface area contributed by atoms with Crippen LogP contribution in [0.5, 0.6) is 5.75 Å². The Bertz CT molecular complexity index is 1150. The zero-order valence-electron chi connectivity index (χ0n) is 20.2. The molecule has 3 aromatic rings. The second kappa shape index (κ2) is 9.11. The van der Waals surface area contributed by atoms with E-state index >= 15 is 0 Å². The highest BCUT2D eigenvalue weighted by molar-refractivity contribution is 7.17. The molecule has 33 heavy (non-hydrogen) atoms. The largest absolute Gasteiger partial charge is 0.496 e. The van der Waals surface area contributed by atoms with E-state index in [1.807, 2.05) is 23.6 Å². The lowest BCUT2D eigenvalue weighted by molar-refractivity contribution is 0.0941. The van der Waals surface area contributed by atoms with Crippen molar-refractivity contribution in [3.8, 4) is 16.2 Å². The van der Waals surface area contributed by atoms with Gasteiger partial charge in [-0.1, -0.05) is 33.8 Å². The Morgan fingerprint density at radius 1 is 1.15 bits per heavy atom. The van der Waals surface area contributed by atoms with Crippen molar-refractivity contribution in [1.82, 2.24) is 5.32 Å². The van der Waals surface area contributed by atoms with E-state index in [1.54, 1.807) is 18.4 Å². The highest BCUT2D eigenvalue weighted by Gasteiger charge is 2.38. The predicted molar refractivity (Wildman–Crippen MR) is 141 cm³/mol. The Morgan fingerprint density at radius 3 is 2.45 bits per heavy atom. The maximum absolute atomic E-state index is 13.1. The van der Waals surface area contributed by atoms with Gasteiger partial charge in [0.2, 0.25) is 0 Å². The minimum Gasteiger partial charge on any atom is -0.496 e. The molecule has 1 aromatic carbocycles. The summed E-state index contributed by atoms with van der Waals surface area (Å²) in [6.07, 6.45) is 4.87. The van der Waals surface area contributed by atoms with Gasteiger partial charge in [-0.25, -0.2) is 0 Å². The van der Waals surface area contributed by atoms with Crippen molar-refractivity contribution in [2.24, 2.45) is 0 Å². The minimum absolute atomic E-state index is 0.0531. The number of rotatable bonds is 7. The molecular weight excluding hydrogens is 446 g/mol. The molecule has 2 heterocycles. The fraction of sp³-hybridized carbons (Fsp3) is 0.393. The first-order valence-electron chi connectivity index (χ1n) is 11.4. The molecule has 3 nitrogen and oxygen atoms in total. The fourth-order valence-electron chi connectivity index (χ4n) is 4.71. The van der Waals surface area contributed by atoms with Gasteiger partial charge in [0.25, 0.3) is 5.91 Å². The zero-order valence-corrected chi connectivity index (χ0v) is 21.8. The normalized spacial score (nSPS) is 17.1. The van der Waals surface area contributed by atoms with E-state index < -0.39 is 0 Å². The number of ether oxygens (including phenoxy) is 1. The Balaban J connectivity index is 1.67. The first-order chi connectivity index (χ1) is 15.7. The van der Waals surface area contributed by atoms with E-state index in [0.717, 1.165) is 34.6 Å². The quantitative estimate of drug-likeness (QED) is 0.350. The van der Waals surface area contributed by atoms with Crippen LogP contribution in [0.4, 0.5) is 0 Å². The van der Waals surface area contributed by atoms with E-state index in [2.05, 4.69) is 63.2 Å². The molecule has 1 aliphatic carbocycles. The molecule has 0 spiro atoms. The van der Waals surface area contributed by atoms with Crippen LogP contribution in [0, 0.1) is 0 Å². The van der Waals surface area contributed by atoms with E-state index in [0.29, 0.717) is 11.3 Å². The van der Waals surface area contributed by atoms with Gasteiger partial charge in [0.1, 0.15) is 5.75 Å². The van der Waals surface area contributed by atoms with Crippen molar-refractivity contribution in [3.05, 3.63) is 75.3 Å². The maximum atomic E-state index is 13.1. The van der Waals surface area contributed by atoms with Gasteiger partial charge in [-0.2, -0.15) is 11.3 Å². The standard InChI is InChI=1S/C28H33NO2S2/c1-7-8-22(18-11-14-32-17-18)29-26(30)25-10-9-24(33-25)19-15-20-21(16-23(19)31-6)28(4,5)13-12-27(20,2)3/h7,9-11,14-17,22H,1,8,12-13H2,2-6H3,(H,29,30). The summed E-state index contributed by atoms with van der Waals surface area (Å²) in [6.45, 7) is 13.1. The third-order valence-corrected chi connectivity index (χ3v) is 8.74. The highest BCUT2D eigenvalue weighted by Crippen LogP contribution is 2.49. The average Bonchev–Trinajstić information content (AvgIpc) is 3.48. The number of nitrogens with one attached hydrogen (secondary N) is 1. The molecule has 0 saturated carbocycles. The van der Waals surface area contributed by atoms with Gasteiger partial charge in [-0.15, -0.1) is 17.9 Å². The van der Waals surface area contributed by atoms with Crippen LogP contribution in [0.3, 0.4) is 0 Å². The number of benzene rings is 1. The summed E-state index contributed by atoms with van der Waals surface area (Å²) in [5, 5.41) is 7.29. The molecule has 1 atom stereocenters. The predicted octanol–water partition coefficient (Wildman–Crippen LogP) is 7.88. The first kappa shape index (κ1) is 23.8. The van der Waals surface area contributed by atoms with Crippen LogP contribution < -0.4 is 10.1 Å². The number of hydrogen-bond acceptors (Lipinski definition) is 4. The Labute approximate surface area is 205 Å². The zero-order chi connectivity index (χ0) is 23.8. The number of fused-ring (bicyclic) bond motifs is 1. The van der Waals surface area contributed by atoms with Crippen LogP contribution in [0.1, 0.15) is 79.4 Å². The molecule has 1 unspecified atom stereocenters. The molecule has 2 aromatic heterocycles. The molecule has 0 aliphatic heterocycles. The molecule has 4 rings (SSSR count). The van der Waals surface area contributed by atoms with Crippen LogP contribution in [0.25, 0.3) is 10.4 Å². The molecular formula is C28H33NO2S2. The molecule has 1 N–H and O–H groups in total. The van der Waals surface area contributed by atoms with Crippen molar-refractivity contribution < 1.29 is 9.53 Å². The monoisotopic (exact) mass is 479 g/mol. The summed E-state index contributed by atoms with van der Waals surface area (Å²) < 4.78 is 5.84. The Kier molecular flexibility index (Phi) is 6.56. The van der Waals surface area contributed by atoms with Crippen molar-refractivity contribution in [3.63, 3.8) is 0 Å². The maximum Gasteiger partial charge on any atom is 0.261 e. The molecule has 1 aliphatic rings. The topological polar surface area (TPSA) is 38.3 Å². The number of thiophene rings is 2. The highest BCUT2D eigenvalue weighted by atomic mass is 32.1. The van der Waals surface area contributed by atoms with E-state index in [-0.39, 0.29) is 22.8 Å². The fourth-order valence-corrected chi connectivity index (χ4v) is 6.35. The summed E-state index contributed by atoms with van der Waals surface area (Å²) in [7, 11) is 1.73. The van der Waals surface area contributed by atoms with Crippen LogP contribution >= 0.6 is 22.7 Å². The summed E-state index contributed by atoms with van der Waals surface area (Å²) in [5.41, 5.74) is 5.17. The molecule has 0 fully saturated rings. The smallest absolute Gasteiger partial charge is 0.261 e. The van der Waals surface area contributed by atoms with Crippen LogP contribution in [-0.4, -0.2) is 13.0 Å². The van der Waals surface area contributed by atoms with E-state index in [4.69, 9.17) is 4.74 Å². The van der Waals surface area contributed by atoms with Gasteiger partial charge >= 0.3 is 0 Å². The molecule has 0 radical (unpaired) electrons. The number of methoxy groups -OCH3 is 1. The second-order valence-corrected chi connectivity index (χ2v) is 12.0. The number of carbonyl (C=O) groups excluding carboxylic acids is 1. The first-order valence-corrected chi connectivity index (χ1v) is 13.2. The molecule has 5 heteroatoms. The van der Waals surface area contributed by atoms with Crippen molar-refractivity contribution in [2.45, 2.75) is 63.8 Å². The summed E-state index contributed by atoms with van der Waals surface area (Å²) in [6, 6.07) is 10.5. The minimum atomic E-state index is -0.0619. The lowest BCUT2D eigenvalue weighted by atomic mass is 9.63. The third-order valence-electron chi connectivity index (χ3n) is 6.92. The van der Waals surface area contributed by atoms with Gasteiger partial charge in [0.05, 0.1) is 18.0 Å².